The van der Waals surface area contributed by atoms with E-state index in [1.807, 2.05) is 13.8 Å². The van der Waals surface area contributed by atoms with Crippen molar-refractivity contribution in [2.45, 2.75) is 25.9 Å². The lowest BCUT2D eigenvalue weighted by Crippen LogP contribution is -2.24. The molecule has 0 amide bonds. The third-order valence-electron chi connectivity index (χ3n) is 2.30. The van der Waals surface area contributed by atoms with Gasteiger partial charge in [-0.25, -0.2) is 4.39 Å². The second-order valence-corrected chi connectivity index (χ2v) is 4.51. The fourth-order valence-corrected chi connectivity index (χ4v) is 1.92. The Balaban J connectivity index is 2.61. The maximum atomic E-state index is 13.2. The topological polar surface area (TPSA) is 35.2 Å². The zero-order valence-electron chi connectivity index (χ0n) is 8.03. The van der Waals surface area contributed by atoms with Crippen LogP contribution in [0.5, 0.6) is 5.75 Å². The second kappa shape index (κ2) is 2.76. The van der Waals surface area contributed by atoms with Gasteiger partial charge >= 0.3 is 0 Å². The predicted octanol–water partition coefficient (Wildman–Crippen LogP) is 2.77. The van der Waals surface area contributed by atoms with Crippen LogP contribution >= 0.6 is 11.6 Å². The van der Waals surface area contributed by atoms with E-state index in [1.54, 1.807) is 0 Å². The first-order valence-electron chi connectivity index (χ1n) is 4.36. The van der Waals surface area contributed by atoms with Crippen molar-refractivity contribution in [2.75, 3.05) is 5.73 Å². The van der Waals surface area contributed by atoms with Crippen molar-refractivity contribution < 1.29 is 9.13 Å². The molecule has 0 unspecified atom stereocenters. The number of ether oxygens (including phenoxy) is 1. The molecule has 0 bridgehead atoms. The average Bonchev–Trinajstić information content (AvgIpc) is 2.38. The van der Waals surface area contributed by atoms with Crippen LogP contribution in [0.1, 0.15) is 19.4 Å². The lowest BCUT2D eigenvalue weighted by Gasteiger charge is -2.17. The Kier molecular flexibility index (Phi) is 1.89. The molecule has 0 saturated carbocycles. The Hall–Kier alpha value is -0.960. The minimum atomic E-state index is -0.522. The molecule has 1 aromatic carbocycles. The van der Waals surface area contributed by atoms with E-state index in [-0.39, 0.29) is 11.3 Å². The summed E-state index contributed by atoms with van der Waals surface area (Å²) in [5.41, 5.74) is 6.06. The van der Waals surface area contributed by atoms with Crippen LogP contribution in [-0.4, -0.2) is 5.60 Å². The monoisotopic (exact) mass is 215 g/mol. The second-order valence-electron chi connectivity index (χ2n) is 4.10. The molecule has 0 saturated heterocycles. The summed E-state index contributed by atoms with van der Waals surface area (Å²) in [5.74, 6) is -0.119. The van der Waals surface area contributed by atoms with Crippen molar-refractivity contribution >= 4 is 17.3 Å². The highest BCUT2D eigenvalue weighted by Gasteiger charge is 2.34. The summed E-state index contributed by atoms with van der Waals surface area (Å²) in [5, 5.41) is 0.386. The highest BCUT2D eigenvalue weighted by molar-refractivity contribution is 6.31. The number of hydrogen-bond donors (Lipinski definition) is 1. The number of benzene rings is 1. The van der Waals surface area contributed by atoms with Crippen molar-refractivity contribution in [3.8, 4) is 5.75 Å². The van der Waals surface area contributed by atoms with Crippen LogP contribution in [0, 0.1) is 5.82 Å². The van der Waals surface area contributed by atoms with Gasteiger partial charge in [-0.1, -0.05) is 11.6 Å². The summed E-state index contributed by atoms with van der Waals surface area (Å²) in [4.78, 5) is 0. The molecule has 0 spiro atoms. The third-order valence-corrected chi connectivity index (χ3v) is 2.64. The van der Waals surface area contributed by atoms with Gasteiger partial charge in [0, 0.05) is 12.0 Å². The smallest absolute Gasteiger partial charge is 0.151 e. The van der Waals surface area contributed by atoms with E-state index < -0.39 is 5.82 Å². The number of hydrogen-bond acceptors (Lipinski definition) is 2. The van der Waals surface area contributed by atoms with Crippen molar-refractivity contribution in [2.24, 2.45) is 0 Å². The molecule has 2 nitrogen and oxygen atoms in total. The van der Waals surface area contributed by atoms with Crippen molar-refractivity contribution in [1.29, 1.82) is 0 Å². The van der Waals surface area contributed by atoms with Crippen LogP contribution in [0.3, 0.4) is 0 Å². The highest BCUT2D eigenvalue weighted by atomic mass is 35.5. The van der Waals surface area contributed by atoms with Gasteiger partial charge in [0.2, 0.25) is 0 Å². The Morgan fingerprint density at radius 1 is 1.57 bits per heavy atom. The lowest BCUT2D eigenvalue weighted by atomic mass is 10.0. The van der Waals surface area contributed by atoms with E-state index in [0.717, 1.165) is 5.56 Å². The number of rotatable bonds is 0. The molecule has 4 heteroatoms. The molecule has 2 rings (SSSR count). The summed E-state index contributed by atoms with van der Waals surface area (Å²) < 4.78 is 18.7. The molecule has 2 N–H and O–H groups in total. The van der Waals surface area contributed by atoms with Crippen LogP contribution in [0.15, 0.2) is 6.07 Å². The molecule has 1 aromatic rings. The van der Waals surface area contributed by atoms with E-state index in [2.05, 4.69) is 0 Å². The summed E-state index contributed by atoms with van der Waals surface area (Å²) in [6.07, 6.45) is 0.658. The molecule has 1 heterocycles. The molecule has 14 heavy (non-hydrogen) atoms. The molecule has 0 atom stereocenters. The van der Waals surface area contributed by atoms with E-state index in [1.165, 1.54) is 6.07 Å². The zero-order valence-corrected chi connectivity index (χ0v) is 8.78. The number of nitrogen functional groups attached to an aromatic ring is 1. The molecule has 0 aliphatic carbocycles. The van der Waals surface area contributed by atoms with Gasteiger partial charge in [-0.05, 0) is 19.9 Å². The minimum absolute atomic E-state index is 0.0509. The zero-order chi connectivity index (χ0) is 10.5. The van der Waals surface area contributed by atoms with Crippen molar-refractivity contribution in [3.63, 3.8) is 0 Å². The van der Waals surface area contributed by atoms with E-state index in [0.29, 0.717) is 17.2 Å². The SMILES string of the molecule is CC1(C)Cc2c(Cl)cc(F)c(N)c2O1. The van der Waals surface area contributed by atoms with E-state index >= 15 is 0 Å². The van der Waals surface area contributed by atoms with Crippen molar-refractivity contribution in [3.05, 3.63) is 22.5 Å². The molecule has 1 aliphatic rings. The Morgan fingerprint density at radius 2 is 2.21 bits per heavy atom. The first-order valence-corrected chi connectivity index (χ1v) is 4.74. The van der Waals surface area contributed by atoms with Crippen LogP contribution in [0.4, 0.5) is 10.1 Å². The molecule has 0 radical (unpaired) electrons. The minimum Gasteiger partial charge on any atom is -0.485 e. The Labute approximate surface area is 86.8 Å². The summed E-state index contributed by atoms with van der Waals surface area (Å²) in [6.45, 7) is 3.83. The summed E-state index contributed by atoms with van der Waals surface area (Å²) in [7, 11) is 0. The van der Waals surface area contributed by atoms with E-state index in [4.69, 9.17) is 22.1 Å². The fraction of sp³-hybridized carbons (Fsp3) is 0.400. The normalized spacial score (nSPS) is 17.7. The molecule has 1 aliphatic heterocycles. The van der Waals surface area contributed by atoms with Gasteiger partial charge in [0.1, 0.15) is 11.3 Å². The standard InChI is InChI=1S/C10H11ClFNO/c1-10(2)4-5-6(11)3-7(12)8(13)9(5)14-10/h3H,4,13H2,1-2H3. The van der Waals surface area contributed by atoms with Crippen LogP contribution in [0.25, 0.3) is 0 Å². The Morgan fingerprint density at radius 3 is 2.86 bits per heavy atom. The van der Waals surface area contributed by atoms with Crippen LogP contribution < -0.4 is 10.5 Å². The molecular weight excluding hydrogens is 205 g/mol. The fourth-order valence-electron chi connectivity index (χ4n) is 1.67. The van der Waals surface area contributed by atoms with Gasteiger partial charge in [-0.15, -0.1) is 0 Å². The van der Waals surface area contributed by atoms with Crippen LogP contribution in [-0.2, 0) is 6.42 Å². The van der Waals surface area contributed by atoms with Gasteiger partial charge in [0.25, 0.3) is 0 Å². The maximum absolute atomic E-state index is 13.2. The number of nitrogens with two attached hydrogens (primary N) is 1. The van der Waals surface area contributed by atoms with Gasteiger partial charge in [0.05, 0.1) is 5.02 Å². The molecule has 0 aromatic heterocycles. The molecular formula is C10H11ClFNO. The van der Waals surface area contributed by atoms with Crippen LogP contribution in [0.2, 0.25) is 5.02 Å². The number of halogens is 2. The largest absolute Gasteiger partial charge is 0.485 e. The maximum Gasteiger partial charge on any atom is 0.151 e. The van der Waals surface area contributed by atoms with Gasteiger partial charge < -0.3 is 10.5 Å². The number of fused-ring (bicyclic) bond motifs is 1. The summed E-state index contributed by atoms with van der Waals surface area (Å²) >= 11 is 5.90. The highest BCUT2D eigenvalue weighted by Crippen LogP contribution is 2.44. The first-order chi connectivity index (χ1) is 6.41. The first kappa shape index (κ1) is 9.59. The quantitative estimate of drug-likeness (QED) is 0.676. The Bertz CT molecular complexity index is 404. The van der Waals surface area contributed by atoms with Gasteiger partial charge in [0.15, 0.2) is 11.6 Å². The van der Waals surface area contributed by atoms with Gasteiger partial charge in [-0.2, -0.15) is 0 Å². The molecule has 76 valence electrons. The van der Waals surface area contributed by atoms with Gasteiger partial charge in [-0.3, -0.25) is 0 Å². The number of anilines is 1. The third kappa shape index (κ3) is 1.32. The predicted molar refractivity (Wildman–Crippen MR) is 54.2 cm³/mol. The van der Waals surface area contributed by atoms with Crippen molar-refractivity contribution in [1.82, 2.24) is 0 Å². The van der Waals surface area contributed by atoms with E-state index in [9.17, 15) is 4.39 Å². The molecule has 0 fully saturated rings. The lowest BCUT2D eigenvalue weighted by molar-refractivity contribution is 0.139. The summed E-state index contributed by atoms with van der Waals surface area (Å²) in [6, 6.07) is 1.24. The average molecular weight is 216 g/mol.